The number of carboxylic acid groups (broad SMARTS) is 1. The van der Waals surface area contributed by atoms with Crippen molar-refractivity contribution in [2.24, 2.45) is 0 Å². The summed E-state index contributed by atoms with van der Waals surface area (Å²) >= 11 is 0. The van der Waals surface area contributed by atoms with Gasteiger partial charge in [0.25, 0.3) is 26.1 Å². The van der Waals surface area contributed by atoms with Crippen molar-refractivity contribution < 1.29 is 45.7 Å². The number of likely N-dealkylation sites (N-methyl/N-ethyl adjacent to an activating group) is 1. The minimum Gasteiger partial charge on any atom is -0.507 e. The smallest absolute Gasteiger partial charge is 0.337 e. The molecule has 1 aliphatic rings. The van der Waals surface area contributed by atoms with Crippen LogP contribution in [0.4, 0.5) is 5.69 Å². The number of amides is 1. The lowest BCUT2D eigenvalue weighted by molar-refractivity contribution is 0.0698. The second kappa shape index (κ2) is 16.3. The number of nitrogens with zero attached hydrogens (tertiary/aromatic N) is 2. The molecule has 44 heavy (non-hydrogen) atoms. The van der Waals surface area contributed by atoms with Crippen molar-refractivity contribution in [3.63, 3.8) is 0 Å². The molecule has 3 aromatic carbocycles. The van der Waals surface area contributed by atoms with E-state index in [2.05, 4.69) is 22.2 Å². The number of piperazine rings is 1. The number of aromatic hydroxyl groups is 1. The third-order valence-corrected chi connectivity index (χ3v) is 6.22. The molecule has 1 saturated heterocycles. The molecule has 1 heterocycles. The Hall–Kier alpha value is -3.86. The largest absolute Gasteiger partial charge is 0.507 e. The van der Waals surface area contributed by atoms with Crippen molar-refractivity contribution in [2.75, 3.05) is 57.6 Å². The summed E-state index contributed by atoms with van der Waals surface area (Å²) in [6, 6.07) is 19.4. The van der Waals surface area contributed by atoms with Gasteiger partial charge in [0.2, 0.25) is 0 Å². The first-order valence-corrected chi connectivity index (χ1v) is 16.9. The molecule has 0 aromatic heterocycles. The first-order valence-electron chi connectivity index (χ1n) is 13.2. The second-order valence-electron chi connectivity index (χ2n) is 10.1. The van der Waals surface area contributed by atoms with Crippen LogP contribution in [0.15, 0.2) is 66.7 Å². The predicted molar refractivity (Wildman–Crippen MR) is 167 cm³/mol. The molecule has 240 valence electrons. The highest BCUT2D eigenvalue weighted by molar-refractivity contribution is 7.85. The normalized spacial score (nSPS) is 13.9. The van der Waals surface area contributed by atoms with E-state index in [9.17, 15) is 36.6 Å². The molecule has 0 radical (unpaired) electrons. The third-order valence-electron chi connectivity index (χ3n) is 6.22. The fraction of sp³-hybridized carbons (Fsp3) is 0.310. The van der Waals surface area contributed by atoms with Crippen molar-refractivity contribution in [3.8, 4) is 16.9 Å². The van der Waals surface area contributed by atoms with Gasteiger partial charge in [-0.05, 0) is 54.4 Å². The summed E-state index contributed by atoms with van der Waals surface area (Å²) in [6.07, 6.45) is 2.19. The van der Waals surface area contributed by atoms with Crippen molar-refractivity contribution >= 4 is 37.8 Å². The van der Waals surface area contributed by atoms with Crippen molar-refractivity contribution in [1.29, 1.82) is 0 Å². The van der Waals surface area contributed by atoms with E-state index in [0.29, 0.717) is 12.5 Å². The van der Waals surface area contributed by atoms with Crippen LogP contribution in [0.25, 0.3) is 11.1 Å². The molecule has 5 N–H and O–H groups in total. The molecule has 1 fully saturated rings. The Kier molecular flexibility index (Phi) is 13.4. The van der Waals surface area contributed by atoms with Crippen LogP contribution < -0.4 is 5.32 Å². The number of phenolic OH excluding ortho intramolecular Hbond substituents is 1. The molecule has 0 saturated carbocycles. The molecule has 0 aliphatic carbocycles. The van der Waals surface area contributed by atoms with Gasteiger partial charge in [-0.3, -0.25) is 13.9 Å². The van der Waals surface area contributed by atoms with E-state index in [4.69, 9.17) is 9.11 Å². The molecule has 4 rings (SSSR count). The fourth-order valence-corrected chi connectivity index (χ4v) is 4.11. The van der Waals surface area contributed by atoms with Gasteiger partial charge in [-0.15, -0.1) is 0 Å². The van der Waals surface area contributed by atoms with Crippen molar-refractivity contribution in [1.82, 2.24) is 9.80 Å². The van der Waals surface area contributed by atoms with E-state index >= 15 is 0 Å². The number of benzene rings is 3. The number of nitrogens with one attached hydrogen (secondary N) is 1. The fourth-order valence-electron chi connectivity index (χ4n) is 4.11. The third kappa shape index (κ3) is 14.1. The Morgan fingerprint density at radius 3 is 1.91 bits per heavy atom. The monoisotopic (exact) mass is 651 g/mol. The van der Waals surface area contributed by atoms with Crippen molar-refractivity contribution in [3.05, 3.63) is 83.4 Å². The van der Waals surface area contributed by atoms with Gasteiger partial charge in [0.15, 0.2) is 0 Å². The van der Waals surface area contributed by atoms with Gasteiger partial charge in [-0.2, -0.15) is 16.8 Å². The average Bonchev–Trinajstić information content (AvgIpc) is 2.92. The summed E-state index contributed by atoms with van der Waals surface area (Å²) in [5.41, 5.74) is 2.92. The number of carbonyl (C=O) groups excluding carboxylic acids is 1. The maximum atomic E-state index is 13.1. The van der Waals surface area contributed by atoms with E-state index < -0.39 is 32.1 Å². The maximum Gasteiger partial charge on any atom is 0.337 e. The number of carboxylic acids is 1. The number of anilines is 1. The quantitative estimate of drug-likeness (QED) is 0.234. The van der Waals surface area contributed by atoms with Crippen LogP contribution in [0.1, 0.15) is 26.3 Å². The van der Waals surface area contributed by atoms with Gasteiger partial charge in [0.1, 0.15) is 5.75 Å². The average molecular weight is 652 g/mol. The first-order chi connectivity index (χ1) is 20.4. The van der Waals surface area contributed by atoms with Crippen LogP contribution in [-0.4, -0.2) is 110 Å². The molecule has 0 unspecified atom stereocenters. The maximum absolute atomic E-state index is 13.1. The molecule has 1 amide bonds. The lowest BCUT2D eigenvalue weighted by atomic mass is 10.0. The van der Waals surface area contributed by atoms with Crippen LogP contribution >= 0.6 is 0 Å². The van der Waals surface area contributed by atoms with Gasteiger partial charge < -0.3 is 25.3 Å². The van der Waals surface area contributed by atoms with E-state index in [1.807, 2.05) is 36.4 Å². The number of phenols is 1. The summed E-state index contributed by atoms with van der Waals surface area (Å²) < 4.78 is 51.7. The Morgan fingerprint density at radius 2 is 1.36 bits per heavy atom. The summed E-state index contributed by atoms with van der Waals surface area (Å²) in [6.45, 7) is 4.98. The van der Waals surface area contributed by atoms with Gasteiger partial charge >= 0.3 is 5.97 Å². The molecule has 0 bridgehead atoms. The van der Waals surface area contributed by atoms with E-state index in [-0.39, 0.29) is 22.6 Å². The number of hydrogen-bond donors (Lipinski definition) is 5. The highest BCUT2D eigenvalue weighted by Crippen LogP contribution is 2.27. The Balaban J connectivity index is 0.000000586. The van der Waals surface area contributed by atoms with Gasteiger partial charge in [-0.25, -0.2) is 4.79 Å². The Labute approximate surface area is 257 Å². The van der Waals surface area contributed by atoms with E-state index in [1.165, 1.54) is 12.1 Å². The molecular weight excluding hydrogens is 614 g/mol. The molecular formula is C29H37N3O10S2. The minimum absolute atomic E-state index is 0.0151. The summed E-state index contributed by atoms with van der Waals surface area (Å²) in [7, 11) is -5.21. The molecule has 0 spiro atoms. The number of aromatic carboxylic acids is 1. The Morgan fingerprint density at radius 1 is 0.795 bits per heavy atom. The zero-order chi connectivity index (χ0) is 33.1. The first kappa shape index (κ1) is 36.3. The summed E-state index contributed by atoms with van der Waals surface area (Å²) in [5.74, 6) is -1.83. The van der Waals surface area contributed by atoms with Crippen LogP contribution in [0.3, 0.4) is 0 Å². The molecule has 1 aliphatic heterocycles. The standard InChI is InChI=1S/C27H29N3O4.2CH4O3S/c1-29-13-15-30(16-14-29)12-11-19-7-10-25(31)23(17-19)26(32)28-24-18-21(8-9-22(24)27(33)34)20-5-3-2-4-6-20;2*1-5(2,3)4/h2-10,17-18,31H,11-16H2,1H3,(H,28,32)(H,33,34);2*1H3,(H,2,3,4). The molecule has 13 nitrogen and oxygen atoms in total. The Bertz CT molecular complexity index is 1590. The number of carbonyl (C=O) groups is 2. The molecule has 0 atom stereocenters. The van der Waals surface area contributed by atoms with Crippen LogP contribution in [0.5, 0.6) is 5.75 Å². The van der Waals surface area contributed by atoms with Gasteiger partial charge in [-0.1, -0.05) is 42.5 Å². The SMILES string of the molecule is CN1CCN(CCc2ccc(O)c(C(=O)Nc3cc(-c4ccccc4)ccc3C(=O)O)c2)CC1.CS(=O)(=O)O.CS(=O)(=O)O. The molecule has 15 heteroatoms. The summed E-state index contributed by atoms with van der Waals surface area (Å²) in [4.78, 5) is 29.5. The number of hydrogen-bond acceptors (Lipinski definition) is 9. The van der Waals surface area contributed by atoms with Crippen LogP contribution in [0, 0.1) is 0 Å². The highest BCUT2D eigenvalue weighted by Gasteiger charge is 2.18. The number of rotatable bonds is 7. The summed E-state index contributed by atoms with van der Waals surface area (Å²) in [5, 5.41) is 22.7. The van der Waals surface area contributed by atoms with Crippen LogP contribution in [-0.2, 0) is 26.7 Å². The predicted octanol–water partition coefficient (Wildman–Crippen LogP) is 2.81. The molecule has 3 aromatic rings. The lowest BCUT2D eigenvalue weighted by Crippen LogP contribution is -2.45. The minimum atomic E-state index is -3.67. The van der Waals surface area contributed by atoms with E-state index in [0.717, 1.165) is 55.8 Å². The van der Waals surface area contributed by atoms with Gasteiger partial charge in [0, 0.05) is 32.7 Å². The van der Waals surface area contributed by atoms with E-state index in [1.54, 1.807) is 18.2 Å². The lowest BCUT2D eigenvalue weighted by Gasteiger charge is -2.32. The topological polar surface area (TPSA) is 202 Å². The zero-order valence-corrected chi connectivity index (χ0v) is 26.2. The van der Waals surface area contributed by atoms with Crippen LogP contribution in [0.2, 0.25) is 0 Å². The second-order valence-corrected chi connectivity index (χ2v) is 13.0. The highest BCUT2D eigenvalue weighted by atomic mass is 32.2. The van der Waals surface area contributed by atoms with Gasteiger partial charge in [0.05, 0.1) is 29.3 Å². The van der Waals surface area contributed by atoms with Crippen molar-refractivity contribution in [2.45, 2.75) is 6.42 Å². The zero-order valence-electron chi connectivity index (χ0n) is 24.5.